The van der Waals surface area contributed by atoms with E-state index in [0.29, 0.717) is 23.6 Å². The number of nitrogens with one attached hydrogen (secondary N) is 2. The van der Waals surface area contributed by atoms with Crippen molar-refractivity contribution in [1.29, 1.82) is 0 Å². The molecule has 1 atom stereocenters. The SMILES string of the molecule is O=C(c1ccc(=O)[nH]c1)N(Cc1ccsc1)C1CC12CCNCC2. The minimum atomic E-state index is -0.183. The molecular formula is C18H21N3O2S. The number of nitrogens with zero attached hydrogens (tertiary/aromatic N) is 1. The molecule has 5 nitrogen and oxygen atoms in total. The van der Waals surface area contributed by atoms with E-state index < -0.39 is 0 Å². The molecule has 3 heterocycles. The number of hydrogen-bond donors (Lipinski definition) is 2. The number of hydrogen-bond acceptors (Lipinski definition) is 4. The number of aromatic nitrogens is 1. The first-order chi connectivity index (χ1) is 11.7. The topological polar surface area (TPSA) is 65.2 Å². The maximum Gasteiger partial charge on any atom is 0.255 e. The Morgan fingerprint density at radius 3 is 2.79 bits per heavy atom. The van der Waals surface area contributed by atoms with E-state index >= 15 is 0 Å². The number of thiophene rings is 1. The van der Waals surface area contributed by atoms with Gasteiger partial charge in [-0.3, -0.25) is 9.59 Å². The number of carbonyl (C=O) groups is 1. The van der Waals surface area contributed by atoms with Crippen LogP contribution >= 0.6 is 11.3 Å². The molecule has 2 aromatic rings. The highest BCUT2D eigenvalue weighted by atomic mass is 32.1. The zero-order valence-corrected chi connectivity index (χ0v) is 14.3. The molecule has 2 aromatic heterocycles. The highest BCUT2D eigenvalue weighted by Gasteiger charge is 2.57. The molecule has 2 N–H and O–H groups in total. The summed E-state index contributed by atoms with van der Waals surface area (Å²) >= 11 is 1.65. The Morgan fingerprint density at radius 1 is 1.29 bits per heavy atom. The second kappa shape index (κ2) is 6.18. The van der Waals surface area contributed by atoms with Gasteiger partial charge in [0, 0.05) is 24.8 Å². The first-order valence-electron chi connectivity index (χ1n) is 8.39. The zero-order valence-electron chi connectivity index (χ0n) is 13.5. The predicted molar refractivity (Wildman–Crippen MR) is 94.2 cm³/mol. The van der Waals surface area contributed by atoms with Crippen LogP contribution in [0.4, 0.5) is 0 Å². The average molecular weight is 343 g/mol. The number of aromatic amines is 1. The summed E-state index contributed by atoms with van der Waals surface area (Å²) in [5.74, 6) is 0.0119. The Bertz CT molecular complexity index is 757. The summed E-state index contributed by atoms with van der Waals surface area (Å²) in [6, 6.07) is 5.43. The average Bonchev–Trinajstić information content (AvgIpc) is 3.04. The molecule has 0 radical (unpaired) electrons. The summed E-state index contributed by atoms with van der Waals surface area (Å²) in [6.45, 7) is 2.71. The number of rotatable bonds is 4. The Hall–Kier alpha value is -1.92. The Kier molecular flexibility index (Phi) is 4.02. The summed E-state index contributed by atoms with van der Waals surface area (Å²) in [4.78, 5) is 29.0. The van der Waals surface area contributed by atoms with Crippen molar-refractivity contribution in [1.82, 2.24) is 15.2 Å². The van der Waals surface area contributed by atoms with Crippen LogP contribution in [0.25, 0.3) is 0 Å². The standard InChI is InChI=1S/C18H21N3O2S/c22-16-2-1-14(10-20-16)17(23)21(11-13-3-8-24-12-13)15-9-18(15)4-6-19-7-5-18/h1-3,8,10,12,15,19H,4-7,9,11H2,(H,20,22). The van der Waals surface area contributed by atoms with E-state index in [0.717, 1.165) is 32.4 Å². The molecule has 4 rings (SSSR count). The lowest BCUT2D eigenvalue weighted by molar-refractivity contribution is 0.0692. The van der Waals surface area contributed by atoms with Crippen LogP contribution in [-0.4, -0.2) is 34.9 Å². The zero-order chi connectivity index (χ0) is 16.6. The second-order valence-corrected chi connectivity index (χ2v) is 7.62. The summed E-state index contributed by atoms with van der Waals surface area (Å²) in [6.07, 6.45) is 4.89. The quantitative estimate of drug-likeness (QED) is 0.895. The third-order valence-electron chi connectivity index (χ3n) is 5.35. The van der Waals surface area contributed by atoms with Crippen LogP contribution in [0.1, 0.15) is 35.2 Å². The van der Waals surface area contributed by atoms with Crippen molar-refractivity contribution in [3.63, 3.8) is 0 Å². The molecule has 0 aromatic carbocycles. The molecule has 24 heavy (non-hydrogen) atoms. The van der Waals surface area contributed by atoms with Gasteiger partial charge in [-0.25, -0.2) is 0 Å². The van der Waals surface area contributed by atoms with Gasteiger partial charge in [0.15, 0.2) is 0 Å². The molecule has 1 amide bonds. The lowest BCUT2D eigenvalue weighted by Crippen LogP contribution is -2.39. The molecule has 1 aliphatic carbocycles. The number of pyridine rings is 1. The third-order valence-corrected chi connectivity index (χ3v) is 6.08. The Labute approximate surface area is 144 Å². The lowest BCUT2D eigenvalue weighted by atomic mass is 9.93. The van der Waals surface area contributed by atoms with Crippen LogP contribution in [0.15, 0.2) is 40.0 Å². The van der Waals surface area contributed by atoms with Crippen molar-refractivity contribution in [3.05, 3.63) is 56.6 Å². The van der Waals surface area contributed by atoms with E-state index in [-0.39, 0.29) is 11.5 Å². The molecule has 2 fully saturated rings. The molecule has 1 aliphatic heterocycles. The van der Waals surface area contributed by atoms with Crippen molar-refractivity contribution in [2.75, 3.05) is 13.1 Å². The van der Waals surface area contributed by atoms with Gasteiger partial charge in [-0.2, -0.15) is 11.3 Å². The van der Waals surface area contributed by atoms with Crippen LogP contribution in [0.2, 0.25) is 0 Å². The maximum atomic E-state index is 13.1. The van der Waals surface area contributed by atoms with Crippen molar-refractivity contribution in [2.45, 2.75) is 31.8 Å². The van der Waals surface area contributed by atoms with Crippen LogP contribution in [0.5, 0.6) is 0 Å². The van der Waals surface area contributed by atoms with Crippen molar-refractivity contribution in [2.24, 2.45) is 5.41 Å². The fourth-order valence-corrected chi connectivity index (χ4v) is 4.50. The molecule has 1 spiro atoms. The van der Waals surface area contributed by atoms with Crippen molar-refractivity contribution >= 4 is 17.2 Å². The van der Waals surface area contributed by atoms with Crippen LogP contribution < -0.4 is 10.9 Å². The van der Waals surface area contributed by atoms with E-state index in [2.05, 4.69) is 21.7 Å². The first kappa shape index (κ1) is 15.6. The number of carbonyl (C=O) groups excluding carboxylic acids is 1. The first-order valence-corrected chi connectivity index (χ1v) is 9.34. The summed E-state index contributed by atoms with van der Waals surface area (Å²) in [5, 5.41) is 7.56. The maximum absolute atomic E-state index is 13.1. The largest absolute Gasteiger partial charge is 0.331 e. The highest BCUT2D eigenvalue weighted by Crippen LogP contribution is 2.56. The minimum absolute atomic E-state index is 0.0119. The van der Waals surface area contributed by atoms with E-state index in [9.17, 15) is 9.59 Å². The lowest BCUT2D eigenvalue weighted by Gasteiger charge is -2.29. The highest BCUT2D eigenvalue weighted by molar-refractivity contribution is 7.07. The van der Waals surface area contributed by atoms with Crippen LogP contribution in [0.3, 0.4) is 0 Å². The fraction of sp³-hybridized carbons (Fsp3) is 0.444. The van der Waals surface area contributed by atoms with E-state index in [4.69, 9.17) is 0 Å². The van der Waals surface area contributed by atoms with Gasteiger partial charge >= 0.3 is 0 Å². The smallest absolute Gasteiger partial charge is 0.255 e. The number of H-pyrrole nitrogens is 1. The second-order valence-electron chi connectivity index (χ2n) is 6.84. The monoisotopic (exact) mass is 343 g/mol. The summed E-state index contributed by atoms with van der Waals surface area (Å²) < 4.78 is 0. The van der Waals surface area contributed by atoms with Gasteiger partial charge in [-0.1, -0.05) is 0 Å². The summed E-state index contributed by atoms with van der Waals surface area (Å²) in [7, 11) is 0. The molecule has 1 unspecified atom stereocenters. The normalized spacial score (nSPS) is 21.6. The van der Waals surface area contributed by atoms with E-state index in [1.54, 1.807) is 17.4 Å². The van der Waals surface area contributed by atoms with Gasteiger partial charge in [-0.05, 0) is 66.2 Å². The van der Waals surface area contributed by atoms with E-state index in [1.165, 1.54) is 17.8 Å². The van der Waals surface area contributed by atoms with Crippen molar-refractivity contribution < 1.29 is 4.79 Å². The van der Waals surface area contributed by atoms with Gasteiger partial charge in [0.1, 0.15) is 0 Å². The molecule has 126 valence electrons. The van der Waals surface area contributed by atoms with Gasteiger partial charge in [0.05, 0.1) is 5.56 Å². The van der Waals surface area contributed by atoms with Crippen LogP contribution in [0, 0.1) is 5.41 Å². The van der Waals surface area contributed by atoms with Gasteiger partial charge in [0.2, 0.25) is 5.56 Å². The van der Waals surface area contributed by atoms with Crippen molar-refractivity contribution in [3.8, 4) is 0 Å². The van der Waals surface area contributed by atoms with Crippen LogP contribution in [-0.2, 0) is 6.54 Å². The van der Waals surface area contributed by atoms with E-state index in [1.807, 2.05) is 10.3 Å². The fourth-order valence-electron chi connectivity index (χ4n) is 3.84. The Balaban J connectivity index is 1.59. The van der Waals surface area contributed by atoms with Gasteiger partial charge in [0.25, 0.3) is 5.91 Å². The molecule has 1 saturated heterocycles. The molecule has 6 heteroatoms. The predicted octanol–water partition coefficient (Wildman–Crippen LogP) is 2.22. The Morgan fingerprint density at radius 2 is 2.12 bits per heavy atom. The molecule has 2 aliphatic rings. The molecule has 0 bridgehead atoms. The van der Waals surface area contributed by atoms with Gasteiger partial charge < -0.3 is 15.2 Å². The number of piperidine rings is 1. The molecule has 1 saturated carbocycles. The number of amides is 1. The third kappa shape index (κ3) is 2.91. The summed E-state index contributed by atoms with van der Waals surface area (Å²) in [5.41, 5.74) is 1.84. The minimum Gasteiger partial charge on any atom is -0.331 e. The van der Waals surface area contributed by atoms with Gasteiger partial charge in [-0.15, -0.1) is 0 Å². The molecular weight excluding hydrogens is 322 g/mol.